The number of rotatable bonds is 6. The van der Waals surface area contributed by atoms with Crippen LogP contribution in [0.2, 0.25) is 0 Å². The molecule has 106 valence electrons. The number of hydrogen-bond acceptors (Lipinski definition) is 3. The van der Waals surface area contributed by atoms with Gasteiger partial charge >= 0.3 is 0 Å². The van der Waals surface area contributed by atoms with E-state index < -0.39 is 10.0 Å². The average Bonchev–Trinajstić information content (AvgIpc) is 2.31. The van der Waals surface area contributed by atoms with Crippen molar-refractivity contribution in [2.45, 2.75) is 32.1 Å². The van der Waals surface area contributed by atoms with Crippen molar-refractivity contribution in [1.29, 1.82) is 0 Å². The van der Waals surface area contributed by atoms with Gasteiger partial charge in [0.05, 0.1) is 4.90 Å². The van der Waals surface area contributed by atoms with Gasteiger partial charge in [-0.15, -0.1) is 0 Å². The van der Waals surface area contributed by atoms with Gasteiger partial charge in [0, 0.05) is 20.0 Å². The molecule has 6 heteroatoms. The molecule has 0 aromatic heterocycles. The molecule has 0 unspecified atom stereocenters. The summed E-state index contributed by atoms with van der Waals surface area (Å²) in [5.41, 5.74) is 1.63. The summed E-state index contributed by atoms with van der Waals surface area (Å²) in [6, 6.07) is 5.33. The Morgan fingerprint density at radius 1 is 1.21 bits per heavy atom. The second-order valence-electron chi connectivity index (χ2n) is 4.50. The van der Waals surface area contributed by atoms with Crippen LogP contribution in [0.3, 0.4) is 0 Å². The van der Waals surface area contributed by atoms with Gasteiger partial charge in [-0.1, -0.05) is 12.1 Å². The van der Waals surface area contributed by atoms with Crippen molar-refractivity contribution >= 4 is 15.9 Å². The third-order valence-corrected chi connectivity index (χ3v) is 4.26. The lowest BCUT2D eigenvalue weighted by molar-refractivity contribution is -0.118. The van der Waals surface area contributed by atoms with Crippen molar-refractivity contribution in [3.8, 4) is 0 Å². The van der Waals surface area contributed by atoms with Crippen LogP contribution < -0.4 is 10.0 Å². The Hall–Kier alpha value is -1.40. The molecule has 1 aromatic carbocycles. The van der Waals surface area contributed by atoms with E-state index >= 15 is 0 Å². The lowest BCUT2D eigenvalue weighted by Gasteiger charge is -2.10. The van der Waals surface area contributed by atoms with Crippen LogP contribution >= 0.6 is 0 Å². The fraction of sp³-hybridized carbons (Fsp3) is 0.462. The van der Waals surface area contributed by atoms with Crippen LogP contribution in [0.5, 0.6) is 0 Å². The predicted octanol–water partition coefficient (Wildman–Crippen LogP) is 1.11. The normalized spacial score (nSPS) is 11.3. The largest absolute Gasteiger partial charge is 0.356 e. The number of benzene rings is 1. The maximum Gasteiger partial charge on any atom is 0.240 e. The fourth-order valence-corrected chi connectivity index (χ4v) is 3.04. The first-order chi connectivity index (χ1) is 8.83. The first kappa shape index (κ1) is 15.7. The summed E-state index contributed by atoms with van der Waals surface area (Å²) >= 11 is 0. The van der Waals surface area contributed by atoms with E-state index in [0.29, 0.717) is 24.4 Å². The Bertz CT molecular complexity index is 553. The van der Waals surface area contributed by atoms with Gasteiger partial charge in [-0.2, -0.15) is 0 Å². The molecule has 0 saturated carbocycles. The standard InChI is InChI=1S/C13H20N2O3S/c1-10-5-6-11(2)13(9-10)19(17,18)15-8-4-7-14-12(3)16/h5-6,9,15H,4,7-8H2,1-3H3,(H,14,16). The third kappa shape index (κ3) is 5.00. The van der Waals surface area contributed by atoms with Crippen molar-refractivity contribution in [1.82, 2.24) is 10.0 Å². The monoisotopic (exact) mass is 284 g/mol. The SMILES string of the molecule is CC(=O)NCCCNS(=O)(=O)c1cc(C)ccc1C. The molecule has 2 N–H and O–H groups in total. The van der Waals surface area contributed by atoms with Gasteiger partial charge in [0.2, 0.25) is 15.9 Å². The molecule has 19 heavy (non-hydrogen) atoms. The molecule has 1 aromatic rings. The van der Waals surface area contributed by atoms with E-state index in [1.54, 1.807) is 19.1 Å². The van der Waals surface area contributed by atoms with Crippen molar-refractivity contribution in [3.05, 3.63) is 29.3 Å². The zero-order chi connectivity index (χ0) is 14.5. The minimum atomic E-state index is -3.48. The number of carbonyl (C=O) groups excluding carboxylic acids is 1. The molecule has 0 fully saturated rings. The Morgan fingerprint density at radius 3 is 2.53 bits per heavy atom. The highest BCUT2D eigenvalue weighted by Crippen LogP contribution is 2.16. The summed E-state index contributed by atoms with van der Waals surface area (Å²) < 4.78 is 26.7. The summed E-state index contributed by atoms with van der Waals surface area (Å²) in [5.74, 6) is -0.114. The fourth-order valence-electron chi connectivity index (χ4n) is 1.63. The van der Waals surface area contributed by atoms with Crippen LogP contribution in [-0.4, -0.2) is 27.4 Å². The molecule has 0 heterocycles. The molecular formula is C13H20N2O3S. The lowest BCUT2D eigenvalue weighted by Crippen LogP contribution is -2.29. The number of nitrogens with one attached hydrogen (secondary N) is 2. The van der Waals surface area contributed by atoms with Crippen LogP contribution in [0.1, 0.15) is 24.5 Å². The molecule has 5 nitrogen and oxygen atoms in total. The molecule has 0 spiro atoms. The van der Waals surface area contributed by atoms with Gasteiger partial charge in [0.15, 0.2) is 0 Å². The quantitative estimate of drug-likeness (QED) is 0.768. The maximum absolute atomic E-state index is 12.1. The van der Waals surface area contributed by atoms with E-state index in [0.717, 1.165) is 11.1 Å². The van der Waals surface area contributed by atoms with E-state index in [1.165, 1.54) is 6.92 Å². The summed E-state index contributed by atoms with van der Waals surface area (Å²) in [6.45, 7) is 5.82. The zero-order valence-corrected chi connectivity index (χ0v) is 12.3. The molecule has 0 aliphatic rings. The number of sulfonamides is 1. The minimum Gasteiger partial charge on any atom is -0.356 e. The van der Waals surface area contributed by atoms with Gasteiger partial charge in [-0.25, -0.2) is 13.1 Å². The number of amides is 1. The van der Waals surface area contributed by atoms with Crippen molar-refractivity contribution < 1.29 is 13.2 Å². The van der Waals surface area contributed by atoms with Crippen LogP contribution in [0.25, 0.3) is 0 Å². The highest BCUT2D eigenvalue weighted by Gasteiger charge is 2.15. The van der Waals surface area contributed by atoms with E-state index in [9.17, 15) is 13.2 Å². The molecule has 0 aliphatic heterocycles. The van der Waals surface area contributed by atoms with E-state index in [4.69, 9.17) is 0 Å². The van der Waals surface area contributed by atoms with Crippen LogP contribution in [-0.2, 0) is 14.8 Å². The summed E-state index contributed by atoms with van der Waals surface area (Å²) in [4.78, 5) is 11.0. The van der Waals surface area contributed by atoms with Crippen molar-refractivity contribution in [2.24, 2.45) is 0 Å². The van der Waals surface area contributed by atoms with Gasteiger partial charge < -0.3 is 5.32 Å². The molecule has 0 atom stereocenters. The lowest BCUT2D eigenvalue weighted by atomic mass is 10.2. The zero-order valence-electron chi connectivity index (χ0n) is 11.5. The van der Waals surface area contributed by atoms with Crippen LogP contribution in [0.4, 0.5) is 0 Å². The molecule has 0 aliphatic carbocycles. The number of hydrogen-bond donors (Lipinski definition) is 2. The number of carbonyl (C=O) groups is 1. The predicted molar refractivity (Wildman–Crippen MR) is 74.4 cm³/mol. The average molecular weight is 284 g/mol. The highest BCUT2D eigenvalue weighted by molar-refractivity contribution is 7.89. The Kier molecular flexibility index (Phi) is 5.50. The van der Waals surface area contributed by atoms with Gasteiger partial charge in [-0.3, -0.25) is 4.79 Å². The summed E-state index contributed by atoms with van der Waals surface area (Å²) in [7, 11) is -3.48. The van der Waals surface area contributed by atoms with Crippen molar-refractivity contribution in [3.63, 3.8) is 0 Å². The molecule has 0 saturated heterocycles. The number of aryl methyl sites for hydroxylation is 2. The molecule has 0 radical (unpaired) electrons. The highest BCUT2D eigenvalue weighted by atomic mass is 32.2. The van der Waals surface area contributed by atoms with Crippen LogP contribution in [0.15, 0.2) is 23.1 Å². The van der Waals surface area contributed by atoms with Gasteiger partial charge in [-0.05, 0) is 37.5 Å². The van der Waals surface area contributed by atoms with Gasteiger partial charge in [0.1, 0.15) is 0 Å². The smallest absolute Gasteiger partial charge is 0.240 e. The Morgan fingerprint density at radius 2 is 1.89 bits per heavy atom. The first-order valence-corrected chi connectivity index (χ1v) is 7.62. The maximum atomic E-state index is 12.1. The van der Waals surface area contributed by atoms with Gasteiger partial charge in [0.25, 0.3) is 0 Å². The first-order valence-electron chi connectivity index (χ1n) is 6.14. The van der Waals surface area contributed by atoms with Crippen molar-refractivity contribution in [2.75, 3.05) is 13.1 Å². The van der Waals surface area contributed by atoms with E-state index in [1.807, 2.05) is 13.0 Å². The topological polar surface area (TPSA) is 75.3 Å². The minimum absolute atomic E-state index is 0.114. The molecular weight excluding hydrogens is 264 g/mol. The Balaban J connectivity index is 2.61. The van der Waals surface area contributed by atoms with E-state index in [-0.39, 0.29) is 5.91 Å². The third-order valence-electron chi connectivity index (χ3n) is 2.65. The van der Waals surface area contributed by atoms with E-state index in [2.05, 4.69) is 10.0 Å². The Labute approximate surface area is 114 Å². The molecule has 1 amide bonds. The molecule has 0 bridgehead atoms. The van der Waals surface area contributed by atoms with Crippen LogP contribution in [0, 0.1) is 13.8 Å². The second kappa shape index (κ2) is 6.68. The second-order valence-corrected chi connectivity index (χ2v) is 6.24. The molecule has 1 rings (SSSR count). The summed E-state index contributed by atoms with van der Waals surface area (Å²) in [6.07, 6.45) is 0.559. The summed E-state index contributed by atoms with van der Waals surface area (Å²) in [5, 5.41) is 2.62.